The van der Waals surface area contributed by atoms with Crippen molar-refractivity contribution in [3.63, 3.8) is 0 Å². The fourth-order valence-corrected chi connectivity index (χ4v) is 6.71. The van der Waals surface area contributed by atoms with E-state index in [4.69, 9.17) is 25.2 Å². The van der Waals surface area contributed by atoms with Gasteiger partial charge in [-0.2, -0.15) is 0 Å². The predicted octanol–water partition coefficient (Wildman–Crippen LogP) is 5.92. The minimum absolute atomic E-state index is 0.0926. The molecule has 0 atom stereocenters. The van der Waals surface area contributed by atoms with Gasteiger partial charge >= 0.3 is 8.56 Å². The van der Waals surface area contributed by atoms with Crippen LogP contribution >= 0.6 is 22.9 Å². The number of benzene rings is 1. The monoisotopic (exact) mass is 428 g/mol. The van der Waals surface area contributed by atoms with Crippen LogP contribution in [0, 0.1) is 6.92 Å². The average molecular weight is 429 g/mol. The van der Waals surface area contributed by atoms with E-state index in [1.807, 2.05) is 39.0 Å². The van der Waals surface area contributed by atoms with Crippen LogP contribution < -0.4 is 9.48 Å². The largest absolute Gasteiger partial charge is 0.494 e. The number of hydrogen-bond acceptors (Lipinski definition) is 5. The quantitative estimate of drug-likeness (QED) is 0.329. The lowest BCUT2D eigenvalue weighted by molar-refractivity contribution is 0.187. The van der Waals surface area contributed by atoms with Crippen molar-refractivity contribution in [3.05, 3.63) is 38.3 Å². The summed E-state index contributed by atoms with van der Waals surface area (Å²) < 4.78 is 18.5. The SMILES string of the molecule is CCO[Si](C)(CCCCCOc1ccc2sc(=O)c(Cl)c(C)c2c1)OCC. The number of hydrogen-bond donors (Lipinski definition) is 0. The third-order valence-corrected chi connectivity index (χ3v) is 9.10. The van der Waals surface area contributed by atoms with Gasteiger partial charge in [-0.25, -0.2) is 0 Å². The third-order valence-electron chi connectivity index (χ3n) is 4.51. The summed E-state index contributed by atoms with van der Waals surface area (Å²) in [5.74, 6) is 0.815. The van der Waals surface area contributed by atoms with E-state index in [0.717, 1.165) is 46.7 Å². The Bertz CT molecular complexity index is 802. The van der Waals surface area contributed by atoms with E-state index in [9.17, 15) is 4.79 Å². The Morgan fingerprint density at radius 3 is 2.48 bits per heavy atom. The van der Waals surface area contributed by atoms with Crippen LogP contribution in [0.15, 0.2) is 23.0 Å². The normalized spacial score (nSPS) is 11.9. The second kappa shape index (κ2) is 10.6. The molecule has 1 heterocycles. The van der Waals surface area contributed by atoms with Gasteiger partial charge in [0.05, 0.1) is 6.61 Å². The number of rotatable bonds is 11. The summed E-state index contributed by atoms with van der Waals surface area (Å²) in [5, 5.41) is 1.29. The van der Waals surface area contributed by atoms with Crippen molar-refractivity contribution in [1.82, 2.24) is 0 Å². The van der Waals surface area contributed by atoms with Crippen molar-refractivity contribution >= 4 is 41.6 Å². The summed E-state index contributed by atoms with van der Waals surface area (Å²) in [7, 11) is -2.00. The highest BCUT2D eigenvalue weighted by molar-refractivity contribution is 7.16. The second-order valence-electron chi connectivity index (χ2n) is 6.65. The average Bonchev–Trinajstić information content (AvgIpc) is 2.63. The van der Waals surface area contributed by atoms with E-state index in [1.165, 1.54) is 11.3 Å². The number of fused-ring (bicyclic) bond motifs is 1. The number of aryl methyl sites for hydroxylation is 1. The lowest BCUT2D eigenvalue weighted by Gasteiger charge is -2.25. The van der Waals surface area contributed by atoms with Crippen LogP contribution in [0.3, 0.4) is 0 Å². The molecular weight excluding hydrogens is 400 g/mol. The summed E-state index contributed by atoms with van der Waals surface area (Å²) >= 11 is 7.27. The van der Waals surface area contributed by atoms with E-state index < -0.39 is 8.56 Å². The summed E-state index contributed by atoms with van der Waals surface area (Å²) in [6, 6.07) is 6.84. The van der Waals surface area contributed by atoms with Crippen LogP contribution in [-0.4, -0.2) is 28.4 Å². The number of halogens is 1. The van der Waals surface area contributed by atoms with Crippen LogP contribution in [0.5, 0.6) is 5.75 Å². The van der Waals surface area contributed by atoms with Crippen molar-refractivity contribution in [3.8, 4) is 5.75 Å². The lowest BCUT2D eigenvalue weighted by Crippen LogP contribution is -2.38. The van der Waals surface area contributed by atoms with Crippen LogP contribution in [-0.2, 0) is 8.85 Å². The molecule has 0 fully saturated rings. The topological polar surface area (TPSA) is 44.8 Å². The van der Waals surface area contributed by atoms with E-state index in [0.29, 0.717) is 24.8 Å². The maximum absolute atomic E-state index is 11.8. The minimum atomic E-state index is -2.00. The van der Waals surface area contributed by atoms with Crippen LogP contribution in [0.4, 0.5) is 0 Å². The van der Waals surface area contributed by atoms with Gasteiger partial charge in [-0.1, -0.05) is 35.8 Å². The molecule has 7 heteroatoms. The van der Waals surface area contributed by atoms with Crippen molar-refractivity contribution in [1.29, 1.82) is 0 Å². The maximum atomic E-state index is 11.8. The Morgan fingerprint density at radius 1 is 1.11 bits per heavy atom. The third kappa shape index (κ3) is 6.29. The highest BCUT2D eigenvalue weighted by atomic mass is 35.5. The first kappa shape index (κ1) is 22.4. The molecule has 150 valence electrons. The number of ether oxygens (including phenoxy) is 1. The standard InChI is InChI=1S/C20H29ClO4SSi/c1-5-24-27(4,25-6-2)13-9-7-8-12-23-16-10-11-18-17(14-16)15(3)19(21)20(22)26-18/h10-11,14H,5-9,12-13H2,1-4H3. The van der Waals surface area contributed by atoms with Gasteiger partial charge in [-0.3, -0.25) is 4.79 Å². The molecule has 0 bridgehead atoms. The van der Waals surface area contributed by atoms with Crippen LogP contribution in [0.2, 0.25) is 17.6 Å². The molecule has 27 heavy (non-hydrogen) atoms. The lowest BCUT2D eigenvalue weighted by atomic mass is 10.1. The summed E-state index contributed by atoms with van der Waals surface area (Å²) in [5.41, 5.74) is 0.817. The predicted molar refractivity (Wildman–Crippen MR) is 117 cm³/mol. The molecule has 0 saturated carbocycles. The fourth-order valence-electron chi connectivity index (χ4n) is 3.11. The molecule has 0 radical (unpaired) electrons. The van der Waals surface area contributed by atoms with Gasteiger partial charge in [0.2, 0.25) is 0 Å². The molecule has 0 unspecified atom stereocenters. The minimum Gasteiger partial charge on any atom is -0.494 e. The van der Waals surface area contributed by atoms with Gasteiger partial charge in [0, 0.05) is 23.3 Å². The van der Waals surface area contributed by atoms with Crippen LogP contribution in [0.25, 0.3) is 10.1 Å². The van der Waals surface area contributed by atoms with Crippen molar-refractivity contribution in [2.24, 2.45) is 0 Å². The van der Waals surface area contributed by atoms with E-state index >= 15 is 0 Å². The Hall–Kier alpha value is -0.923. The summed E-state index contributed by atoms with van der Waals surface area (Å²) in [4.78, 5) is 11.8. The fraction of sp³-hybridized carbons (Fsp3) is 0.550. The van der Waals surface area contributed by atoms with Crippen LogP contribution in [0.1, 0.15) is 38.7 Å². The molecule has 1 aromatic carbocycles. The highest BCUT2D eigenvalue weighted by Gasteiger charge is 2.29. The van der Waals surface area contributed by atoms with Crippen molar-refractivity contribution in [2.45, 2.75) is 52.6 Å². The molecule has 0 spiro atoms. The maximum Gasteiger partial charge on any atom is 0.334 e. The second-order valence-corrected chi connectivity index (χ2v) is 11.4. The van der Waals surface area contributed by atoms with Gasteiger partial charge in [0.15, 0.2) is 0 Å². The first-order valence-corrected chi connectivity index (χ1v) is 13.3. The molecule has 2 aromatic rings. The molecule has 0 aliphatic carbocycles. The first-order chi connectivity index (χ1) is 12.9. The van der Waals surface area contributed by atoms with E-state index in [-0.39, 0.29) is 4.74 Å². The summed E-state index contributed by atoms with van der Waals surface area (Å²) in [6.45, 7) is 10.2. The van der Waals surface area contributed by atoms with Gasteiger partial charge in [0.25, 0.3) is 4.74 Å². The highest BCUT2D eigenvalue weighted by Crippen LogP contribution is 2.28. The molecule has 0 aliphatic heterocycles. The molecule has 2 rings (SSSR count). The number of unbranched alkanes of at least 4 members (excludes halogenated alkanes) is 2. The van der Waals surface area contributed by atoms with Gasteiger partial charge in [-0.15, -0.1) is 0 Å². The Morgan fingerprint density at radius 2 is 1.81 bits per heavy atom. The molecule has 0 N–H and O–H groups in total. The molecule has 0 amide bonds. The molecular formula is C20H29ClO4SSi. The smallest absolute Gasteiger partial charge is 0.334 e. The molecule has 0 saturated heterocycles. The zero-order valence-corrected chi connectivity index (χ0v) is 19.2. The molecule has 4 nitrogen and oxygen atoms in total. The van der Waals surface area contributed by atoms with Gasteiger partial charge < -0.3 is 13.6 Å². The van der Waals surface area contributed by atoms with Gasteiger partial charge in [-0.05, 0) is 63.5 Å². The molecule has 0 aliphatic rings. The van der Waals surface area contributed by atoms with Crippen molar-refractivity contribution < 1.29 is 13.6 Å². The summed E-state index contributed by atoms with van der Waals surface area (Å²) in [6.07, 6.45) is 3.16. The Balaban J connectivity index is 1.83. The molecule has 1 aromatic heterocycles. The van der Waals surface area contributed by atoms with E-state index in [2.05, 4.69) is 6.55 Å². The first-order valence-electron chi connectivity index (χ1n) is 9.54. The zero-order chi connectivity index (χ0) is 19.9. The Kier molecular flexibility index (Phi) is 8.76. The van der Waals surface area contributed by atoms with Crippen molar-refractivity contribution in [2.75, 3.05) is 19.8 Å². The van der Waals surface area contributed by atoms with Gasteiger partial charge in [0.1, 0.15) is 10.8 Å². The Labute approximate surface area is 171 Å². The zero-order valence-electron chi connectivity index (χ0n) is 16.6. The van der Waals surface area contributed by atoms with E-state index in [1.54, 1.807) is 0 Å².